The van der Waals surface area contributed by atoms with Crippen molar-refractivity contribution in [3.8, 4) is 11.6 Å². The molecule has 1 aliphatic rings. The molecule has 4 rings (SSSR count). The number of benzene rings is 1. The quantitative estimate of drug-likeness (QED) is 0.687. The minimum Gasteiger partial charge on any atom is -0.436 e. The van der Waals surface area contributed by atoms with Gasteiger partial charge in [-0.2, -0.15) is 5.10 Å². The number of ether oxygens (including phenoxy) is 1. The number of pyridine rings is 1. The second kappa shape index (κ2) is 7.24. The molecule has 1 aliphatic carbocycles. The van der Waals surface area contributed by atoms with Crippen LogP contribution >= 0.6 is 11.6 Å². The van der Waals surface area contributed by atoms with E-state index in [9.17, 15) is 9.18 Å². The maximum Gasteiger partial charge on any atom is 0.241 e. The third-order valence-corrected chi connectivity index (χ3v) is 5.09. The SMILES string of the molecule is Cc1nn(C)c(Oc2cccnc2)c1NC(=O)[C@H]1C[C@@H]1c1c(F)cccc1Cl. The predicted molar refractivity (Wildman–Crippen MR) is 103 cm³/mol. The van der Waals surface area contributed by atoms with Gasteiger partial charge in [0.1, 0.15) is 17.3 Å². The second-order valence-corrected chi connectivity index (χ2v) is 7.16. The lowest BCUT2D eigenvalue weighted by Gasteiger charge is -2.10. The highest BCUT2D eigenvalue weighted by Gasteiger charge is 2.46. The molecular formula is C20H18ClFN4O2. The average molecular weight is 401 g/mol. The van der Waals surface area contributed by atoms with Crippen molar-refractivity contribution in [3.05, 3.63) is 64.8 Å². The van der Waals surface area contributed by atoms with Gasteiger partial charge in [0.15, 0.2) is 0 Å². The van der Waals surface area contributed by atoms with E-state index in [0.29, 0.717) is 40.0 Å². The third-order valence-electron chi connectivity index (χ3n) is 4.76. The normalized spacial score (nSPS) is 18.0. The minimum atomic E-state index is -0.383. The molecule has 6 nitrogen and oxygen atoms in total. The van der Waals surface area contributed by atoms with E-state index in [2.05, 4.69) is 15.4 Å². The van der Waals surface area contributed by atoms with Gasteiger partial charge < -0.3 is 10.1 Å². The highest BCUT2D eigenvalue weighted by Crippen LogP contribution is 2.51. The molecule has 144 valence electrons. The molecule has 0 unspecified atom stereocenters. The predicted octanol–water partition coefficient (Wildman–Crippen LogP) is 4.45. The molecule has 0 saturated heterocycles. The zero-order valence-electron chi connectivity index (χ0n) is 15.3. The van der Waals surface area contributed by atoms with Gasteiger partial charge in [0.2, 0.25) is 11.8 Å². The summed E-state index contributed by atoms with van der Waals surface area (Å²) < 4.78 is 21.5. The monoisotopic (exact) mass is 400 g/mol. The highest BCUT2D eigenvalue weighted by molar-refractivity contribution is 6.31. The number of hydrogen-bond donors (Lipinski definition) is 1. The van der Waals surface area contributed by atoms with Gasteiger partial charge in [-0.15, -0.1) is 0 Å². The summed E-state index contributed by atoms with van der Waals surface area (Å²) >= 11 is 6.13. The fourth-order valence-corrected chi connectivity index (χ4v) is 3.60. The number of carbonyl (C=O) groups is 1. The number of nitrogens with zero attached hydrogens (tertiary/aromatic N) is 3. The van der Waals surface area contributed by atoms with Gasteiger partial charge in [0.25, 0.3) is 0 Å². The van der Waals surface area contributed by atoms with Crippen molar-refractivity contribution in [1.29, 1.82) is 0 Å². The van der Waals surface area contributed by atoms with E-state index in [4.69, 9.17) is 16.3 Å². The molecule has 1 saturated carbocycles. The number of carbonyl (C=O) groups excluding carboxylic acids is 1. The molecule has 2 atom stereocenters. The van der Waals surface area contributed by atoms with Crippen molar-refractivity contribution in [2.24, 2.45) is 13.0 Å². The summed E-state index contributed by atoms with van der Waals surface area (Å²) in [5.74, 6) is -0.237. The Hall–Kier alpha value is -2.93. The van der Waals surface area contributed by atoms with Gasteiger partial charge in [0.05, 0.1) is 11.9 Å². The van der Waals surface area contributed by atoms with E-state index >= 15 is 0 Å². The fraction of sp³-hybridized carbons (Fsp3) is 0.250. The van der Waals surface area contributed by atoms with Crippen LogP contribution in [0.15, 0.2) is 42.7 Å². The van der Waals surface area contributed by atoms with Gasteiger partial charge in [-0.3, -0.25) is 9.78 Å². The number of nitrogens with one attached hydrogen (secondary N) is 1. The van der Waals surface area contributed by atoms with Crippen LogP contribution in [0, 0.1) is 18.7 Å². The van der Waals surface area contributed by atoms with Crippen LogP contribution in [0.2, 0.25) is 5.02 Å². The molecule has 1 N–H and O–H groups in total. The van der Waals surface area contributed by atoms with Crippen molar-refractivity contribution in [2.45, 2.75) is 19.3 Å². The Morgan fingerprint density at radius 3 is 2.89 bits per heavy atom. The van der Waals surface area contributed by atoms with Crippen molar-refractivity contribution < 1.29 is 13.9 Å². The molecule has 0 radical (unpaired) electrons. The number of halogens is 2. The molecule has 28 heavy (non-hydrogen) atoms. The van der Waals surface area contributed by atoms with Crippen LogP contribution in [0.25, 0.3) is 0 Å². The van der Waals surface area contributed by atoms with E-state index < -0.39 is 0 Å². The highest BCUT2D eigenvalue weighted by atomic mass is 35.5. The third kappa shape index (κ3) is 3.45. The molecule has 3 aromatic rings. The van der Waals surface area contributed by atoms with Crippen LogP contribution in [-0.4, -0.2) is 20.7 Å². The molecular weight excluding hydrogens is 383 g/mol. The number of amides is 1. The van der Waals surface area contributed by atoms with Crippen molar-refractivity contribution >= 4 is 23.2 Å². The lowest BCUT2D eigenvalue weighted by molar-refractivity contribution is -0.117. The molecule has 1 amide bonds. The van der Waals surface area contributed by atoms with Gasteiger partial charge in [-0.1, -0.05) is 17.7 Å². The summed E-state index contributed by atoms with van der Waals surface area (Å²) in [4.78, 5) is 16.8. The van der Waals surface area contributed by atoms with Crippen LogP contribution in [0.1, 0.15) is 23.6 Å². The van der Waals surface area contributed by atoms with E-state index in [1.807, 2.05) is 0 Å². The number of anilines is 1. The van der Waals surface area contributed by atoms with Crippen LogP contribution in [0.5, 0.6) is 11.6 Å². The smallest absolute Gasteiger partial charge is 0.241 e. The molecule has 2 heterocycles. The first-order chi connectivity index (χ1) is 13.5. The lowest BCUT2D eigenvalue weighted by Crippen LogP contribution is -2.15. The zero-order chi connectivity index (χ0) is 19.8. The Kier molecular flexibility index (Phi) is 4.77. The second-order valence-electron chi connectivity index (χ2n) is 6.75. The first kappa shape index (κ1) is 18.4. The Balaban J connectivity index is 1.53. The van der Waals surface area contributed by atoms with Crippen LogP contribution in [0.4, 0.5) is 10.1 Å². The van der Waals surface area contributed by atoms with Gasteiger partial charge in [-0.05, 0) is 37.6 Å². The summed E-state index contributed by atoms with van der Waals surface area (Å²) in [5, 5.41) is 7.55. The molecule has 1 fully saturated rings. The number of rotatable bonds is 5. The Labute approximate surface area is 166 Å². The first-order valence-corrected chi connectivity index (χ1v) is 9.19. The fourth-order valence-electron chi connectivity index (χ4n) is 3.30. The first-order valence-electron chi connectivity index (χ1n) is 8.82. The standard InChI is InChI=1S/C20H18ClFN4O2/c1-11-18(20(26(2)25-11)28-12-5-4-8-23-10-12)24-19(27)14-9-13(14)17-15(21)6-3-7-16(17)22/h3-8,10,13-14H,9H2,1-2H3,(H,24,27)/t13-,14-/m0/s1. The number of hydrogen-bond acceptors (Lipinski definition) is 4. The molecule has 2 aromatic heterocycles. The van der Waals surface area contributed by atoms with Crippen LogP contribution < -0.4 is 10.1 Å². The van der Waals surface area contributed by atoms with Crippen molar-refractivity contribution in [2.75, 3.05) is 5.32 Å². The summed E-state index contributed by atoms with van der Waals surface area (Å²) in [7, 11) is 1.73. The largest absolute Gasteiger partial charge is 0.436 e. The summed E-state index contributed by atoms with van der Waals surface area (Å²) in [6.45, 7) is 1.78. The molecule has 0 spiro atoms. The van der Waals surface area contributed by atoms with Gasteiger partial charge in [-0.25, -0.2) is 9.07 Å². The summed E-state index contributed by atoms with van der Waals surface area (Å²) in [6, 6.07) is 8.07. The molecule has 0 aliphatic heterocycles. The Bertz CT molecular complexity index is 1020. The van der Waals surface area contributed by atoms with E-state index in [0.717, 1.165) is 0 Å². The van der Waals surface area contributed by atoms with Crippen LogP contribution in [0.3, 0.4) is 0 Å². The lowest BCUT2D eigenvalue weighted by atomic mass is 10.1. The Morgan fingerprint density at radius 1 is 1.36 bits per heavy atom. The number of aryl methyl sites for hydroxylation is 2. The zero-order valence-corrected chi connectivity index (χ0v) is 16.1. The van der Waals surface area contributed by atoms with Crippen LogP contribution in [-0.2, 0) is 11.8 Å². The van der Waals surface area contributed by atoms with E-state index in [-0.39, 0.29) is 23.6 Å². The van der Waals surface area contributed by atoms with Crippen molar-refractivity contribution in [1.82, 2.24) is 14.8 Å². The summed E-state index contributed by atoms with van der Waals surface area (Å²) in [6.07, 6.45) is 3.76. The molecule has 0 bridgehead atoms. The van der Waals surface area contributed by atoms with Gasteiger partial charge >= 0.3 is 0 Å². The topological polar surface area (TPSA) is 69.0 Å². The molecule has 8 heteroatoms. The maximum atomic E-state index is 14.1. The van der Waals surface area contributed by atoms with Crippen molar-refractivity contribution in [3.63, 3.8) is 0 Å². The maximum absolute atomic E-state index is 14.1. The summed E-state index contributed by atoms with van der Waals surface area (Å²) in [5.41, 5.74) is 1.51. The minimum absolute atomic E-state index is 0.212. The van der Waals surface area contributed by atoms with E-state index in [1.165, 1.54) is 6.07 Å². The number of aromatic nitrogens is 3. The average Bonchev–Trinajstić information content (AvgIpc) is 3.40. The Morgan fingerprint density at radius 2 is 2.18 bits per heavy atom. The van der Waals surface area contributed by atoms with E-state index in [1.54, 1.807) is 55.3 Å². The van der Waals surface area contributed by atoms with Gasteiger partial charge in [0, 0.05) is 35.7 Å². The molecule has 1 aromatic carbocycles.